The number of hydrogen-bond donors (Lipinski definition) is 2. The SMILES string of the molecule is Cc1ccc2c(c1)C(NCCN=[N+]=[N-])(C(=O)O)CC2. The molecule has 1 aliphatic rings. The number of nitrogens with one attached hydrogen (secondary N) is 1. The molecule has 0 radical (unpaired) electrons. The Kier molecular flexibility index (Phi) is 3.74. The van der Waals surface area contributed by atoms with Crippen LogP contribution in [0, 0.1) is 6.92 Å². The number of azide groups is 1. The van der Waals surface area contributed by atoms with Crippen LogP contribution in [0.15, 0.2) is 23.3 Å². The number of benzene rings is 1. The molecule has 0 spiro atoms. The zero-order chi connectivity index (χ0) is 13.9. The maximum atomic E-state index is 11.7. The first-order chi connectivity index (χ1) is 9.10. The molecule has 1 aromatic rings. The molecule has 19 heavy (non-hydrogen) atoms. The minimum absolute atomic E-state index is 0.243. The summed E-state index contributed by atoms with van der Waals surface area (Å²) in [5, 5.41) is 16.1. The predicted molar refractivity (Wildman–Crippen MR) is 70.8 cm³/mol. The normalized spacial score (nSPS) is 20.7. The van der Waals surface area contributed by atoms with Gasteiger partial charge in [-0.15, -0.1) is 0 Å². The Morgan fingerprint density at radius 1 is 1.63 bits per heavy atom. The lowest BCUT2D eigenvalue weighted by molar-refractivity contribution is -0.145. The van der Waals surface area contributed by atoms with Crippen LogP contribution < -0.4 is 5.32 Å². The van der Waals surface area contributed by atoms with E-state index in [4.69, 9.17) is 5.53 Å². The van der Waals surface area contributed by atoms with Gasteiger partial charge in [0.25, 0.3) is 0 Å². The van der Waals surface area contributed by atoms with Crippen LogP contribution in [0.2, 0.25) is 0 Å². The maximum absolute atomic E-state index is 11.7. The lowest BCUT2D eigenvalue weighted by atomic mass is 9.91. The molecule has 1 aliphatic carbocycles. The van der Waals surface area contributed by atoms with Gasteiger partial charge < -0.3 is 5.11 Å². The zero-order valence-corrected chi connectivity index (χ0v) is 10.8. The van der Waals surface area contributed by atoms with Crippen molar-refractivity contribution in [2.24, 2.45) is 5.11 Å². The van der Waals surface area contributed by atoms with Gasteiger partial charge in [0.15, 0.2) is 0 Å². The Labute approximate surface area is 111 Å². The standard InChI is InChI=1S/C13H16N4O2/c1-9-2-3-10-4-5-13(12(18)19,11(10)8-9)15-6-7-16-17-14/h2-3,8,15H,4-7H2,1H3,(H,18,19). The number of aryl methyl sites for hydroxylation is 2. The lowest BCUT2D eigenvalue weighted by Gasteiger charge is -2.27. The van der Waals surface area contributed by atoms with Gasteiger partial charge in [-0.25, -0.2) is 4.79 Å². The van der Waals surface area contributed by atoms with Gasteiger partial charge in [0, 0.05) is 18.0 Å². The lowest BCUT2D eigenvalue weighted by Crippen LogP contribution is -2.48. The molecule has 1 aromatic carbocycles. The highest BCUT2D eigenvalue weighted by Crippen LogP contribution is 2.37. The maximum Gasteiger partial charge on any atom is 0.328 e. The molecule has 1 unspecified atom stereocenters. The Hall–Kier alpha value is -2.04. The van der Waals surface area contributed by atoms with Gasteiger partial charge in [0.1, 0.15) is 5.54 Å². The minimum atomic E-state index is -1.05. The van der Waals surface area contributed by atoms with Gasteiger partial charge in [-0.3, -0.25) is 5.32 Å². The van der Waals surface area contributed by atoms with E-state index in [1.54, 1.807) is 0 Å². The Bertz CT molecular complexity index is 552. The largest absolute Gasteiger partial charge is 0.480 e. The Balaban J connectivity index is 2.30. The first-order valence-corrected chi connectivity index (χ1v) is 6.19. The van der Waals surface area contributed by atoms with E-state index in [0.717, 1.165) is 23.1 Å². The number of hydrogen-bond acceptors (Lipinski definition) is 3. The predicted octanol–water partition coefficient (Wildman–Crippen LogP) is 2.12. The van der Waals surface area contributed by atoms with Crippen molar-refractivity contribution in [2.45, 2.75) is 25.3 Å². The van der Waals surface area contributed by atoms with E-state index in [1.807, 2.05) is 25.1 Å². The summed E-state index contributed by atoms with van der Waals surface area (Å²) >= 11 is 0. The van der Waals surface area contributed by atoms with Crippen LogP contribution in [0.3, 0.4) is 0 Å². The third-order valence-electron chi connectivity index (χ3n) is 3.56. The summed E-state index contributed by atoms with van der Waals surface area (Å²) < 4.78 is 0. The van der Waals surface area contributed by atoms with E-state index in [-0.39, 0.29) is 6.54 Å². The molecule has 2 N–H and O–H groups in total. The molecule has 0 heterocycles. The van der Waals surface area contributed by atoms with E-state index in [1.165, 1.54) is 0 Å². The second-order valence-corrected chi connectivity index (χ2v) is 4.75. The molecular formula is C13H16N4O2. The molecule has 6 nitrogen and oxygen atoms in total. The van der Waals surface area contributed by atoms with Crippen LogP contribution >= 0.6 is 0 Å². The Morgan fingerprint density at radius 3 is 3.11 bits per heavy atom. The minimum Gasteiger partial charge on any atom is -0.480 e. The number of carbonyl (C=O) groups is 1. The fraction of sp³-hybridized carbons (Fsp3) is 0.462. The first-order valence-electron chi connectivity index (χ1n) is 6.19. The van der Waals surface area contributed by atoms with Crippen LogP contribution in [-0.4, -0.2) is 24.2 Å². The first kappa shape index (κ1) is 13.4. The fourth-order valence-electron chi connectivity index (χ4n) is 2.61. The second kappa shape index (κ2) is 5.30. The summed E-state index contributed by atoms with van der Waals surface area (Å²) in [5.41, 5.74) is 10.1. The molecule has 0 aromatic heterocycles. The van der Waals surface area contributed by atoms with E-state index in [9.17, 15) is 9.90 Å². The summed E-state index contributed by atoms with van der Waals surface area (Å²) in [5.74, 6) is -0.877. The van der Waals surface area contributed by atoms with E-state index < -0.39 is 11.5 Å². The molecular weight excluding hydrogens is 244 g/mol. The summed E-state index contributed by atoms with van der Waals surface area (Å²) in [6, 6.07) is 5.91. The van der Waals surface area contributed by atoms with Crippen LogP contribution in [0.4, 0.5) is 0 Å². The van der Waals surface area contributed by atoms with Crippen LogP contribution in [0.5, 0.6) is 0 Å². The summed E-state index contributed by atoms with van der Waals surface area (Å²) in [4.78, 5) is 14.4. The summed E-state index contributed by atoms with van der Waals surface area (Å²) in [6.07, 6.45) is 1.27. The van der Waals surface area contributed by atoms with Crippen molar-refractivity contribution in [3.63, 3.8) is 0 Å². The van der Waals surface area contributed by atoms with Crippen molar-refractivity contribution in [1.82, 2.24) is 5.32 Å². The van der Waals surface area contributed by atoms with Crippen molar-refractivity contribution in [3.8, 4) is 0 Å². The van der Waals surface area contributed by atoms with Crippen LogP contribution in [0.1, 0.15) is 23.1 Å². The second-order valence-electron chi connectivity index (χ2n) is 4.75. The Morgan fingerprint density at radius 2 is 2.42 bits per heavy atom. The highest BCUT2D eigenvalue weighted by molar-refractivity contribution is 5.82. The summed E-state index contributed by atoms with van der Waals surface area (Å²) in [6.45, 7) is 2.54. The number of carboxylic acid groups (broad SMARTS) is 1. The van der Waals surface area contributed by atoms with Gasteiger partial charge in [0.05, 0.1) is 0 Å². The van der Waals surface area contributed by atoms with Gasteiger partial charge in [0.2, 0.25) is 0 Å². The van der Waals surface area contributed by atoms with Crippen molar-refractivity contribution in [2.75, 3.05) is 13.1 Å². The van der Waals surface area contributed by atoms with Gasteiger partial charge in [-0.2, -0.15) is 0 Å². The highest BCUT2D eigenvalue weighted by atomic mass is 16.4. The molecule has 0 saturated heterocycles. The molecule has 0 aliphatic heterocycles. The highest BCUT2D eigenvalue weighted by Gasteiger charge is 2.45. The van der Waals surface area contributed by atoms with Gasteiger partial charge in [-0.05, 0) is 36.4 Å². The smallest absolute Gasteiger partial charge is 0.328 e. The van der Waals surface area contributed by atoms with E-state index in [2.05, 4.69) is 15.3 Å². The van der Waals surface area contributed by atoms with Crippen LogP contribution in [-0.2, 0) is 16.8 Å². The molecule has 6 heteroatoms. The topological polar surface area (TPSA) is 98.1 Å². The fourth-order valence-corrected chi connectivity index (χ4v) is 2.61. The average molecular weight is 260 g/mol. The van der Waals surface area contributed by atoms with Crippen molar-refractivity contribution < 1.29 is 9.90 Å². The number of rotatable bonds is 5. The van der Waals surface area contributed by atoms with Crippen LogP contribution in [0.25, 0.3) is 10.4 Å². The molecule has 2 rings (SSSR count). The third-order valence-corrected chi connectivity index (χ3v) is 3.56. The number of aliphatic carboxylic acids is 1. The molecule has 0 saturated carbocycles. The number of nitrogens with zero attached hydrogens (tertiary/aromatic N) is 3. The molecule has 100 valence electrons. The monoisotopic (exact) mass is 260 g/mol. The number of fused-ring (bicyclic) bond motifs is 1. The molecule has 0 fully saturated rings. The van der Waals surface area contributed by atoms with E-state index in [0.29, 0.717) is 13.0 Å². The molecule has 1 atom stereocenters. The third kappa shape index (κ3) is 2.41. The van der Waals surface area contributed by atoms with Crippen molar-refractivity contribution >= 4 is 5.97 Å². The van der Waals surface area contributed by atoms with Crippen molar-refractivity contribution in [1.29, 1.82) is 0 Å². The van der Waals surface area contributed by atoms with Gasteiger partial charge in [-0.1, -0.05) is 28.9 Å². The number of carboxylic acids is 1. The average Bonchev–Trinajstić information content (AvgIpc) is 2.74. The van der Waals surface area contributed by atoms with E-state index >= 15 is 0 Å². The molecule has 0 amide bonds. The van der Waals surface area contributed by atoms with Crippen molar-refractivity contribution in [3.05, 3.63) is 45.3 Å². The summed E-state index contributed by atoms with van der Waals surface area (Å²) in [7, 11) is 0. The zero-order valence-electron chi connectivity index (χ0n) is 10.8. The molecule has 0 bridgehead atoms. The van der Waals surface area contributed by atoms with Gasteiger partial charge >= 0.3 is 5.97 Å². The quantitative estimate of drug-likeness (QED) is 0.367.